The van der Waals surface area contributed by atoms with Crippen molar-refractivity contribution in [3.63, 3.8) is 0 Å². The first-order chi connectivity index (χ1) is 15.3. The number of nitrogens with zero attached hydrogens (tertiary/aromatic N) is 3. The quantitative estimate of drug-likeness (QED) is 0.451. The van der Waals surface area contributed by atoms with E-state index in [0.717, 1.165) is 41.8 Å². The Bertz CT molecular complexity index is 1140. The number of carbonyl (C=O) groups is 2. The summed E-state index contributed by atoms with van der Waals surface area (Å²) in [4.78, 5) is 32.3. The van der Waals surface area contributed by atoms with E-state index in [0.29, 0.717) is 12.4 Å². The molecule has 9 nitrogen and oxygen atoms in total. The second-order valence-corrected chi connectivity index (χ2v) is 8.86. The van der Waals surface area contributed by atoms with Crippen LogP contribution in [0.15, 0.2) is 36.7 Å². The van der Waals surface area contributed by atoms with Gasteiger partial charge in [-0.15, -0.1) is 0 Å². The van der Waals surface area contributed by atoms with Gasteiger partial charge in [-0.25, -0.2) is 4.98 Å². The van der Waals surface area contributed by atoms with Crippen LogP contribution in [0.1, 0.15) is 47.6 Å². The molecule has 5 N–H and O–H groups in total. The number of amides is 2. The molecule has 3 heterocycles. The zero-order chi connectivity index (χ0) is 22.7. The van der Waals surface area contributed by atoms with Gasteiger partial charge >= 0.3 is 0 Å². The number of aromatic amines is 1. The van der Waals surface area contributed by atoms with Crippen LogP contribution in [-0.2, 0) is 24.2 Å². The lowest BCUT2D eigenvalue weighted by Crippen LogP contribution is -2.33. The first kappa shape index (κ1) is 21.5. The molecule has 1 aliphatic rings. The molecule has 4 rings (SSSR count). The fourth-order valence-electron chi connectivity index (χ4n) is 3.91. The predicted octanol–water partition coefficient (Wildman–Crippen LogP) is 2.21. The molecule has 3 aromatic heterocycles. The molecule has 2 amide bonds. The molecule has 0 radical (unpaired) electrons. The van der Waals surface area contributed by atoms with E-state index < -0.39 is 11.8 Å². The summed E-state index contributed by atoms with van der Waals surface area (Å²) in [6, 6.07) is 7.40. The lowest BCUT2D eigenvalue weighted by atomic mass is 9.76. The lowest BCUT2D eigenvalue weighted by Gasteiger charge is -2.29. The standard InChI is InChI=1S/C23H27N7O2/c1-23(2)6-5-16-18(10-23)29-30-21(16)15-8-17(22(32)27-13-19(24)31)28-20(9-15)26-12-14-4-3-7-25-11-14/h3-4,7-9,11H,5-6,10,12-13H2,1-2H3,(H2,24,31)(H,26,28)(H,27,32)(H,29,30). The van der Waals surface area contributed by atoms with Gasteiger partial charge in [0.1, 0.15) is 11.5 Å². The van der Waals surface area contributed by atoms with Gasteiger partial charge in [-0.3, -0.25) is 19.7 Å². The number of pyridine rings is 2. The Morgan fingerprint density at radius 3 is 2.88 bits per heavy atom. The molecular formula is C23H27N7O2. The first-order valence-electron chi connectivity index (χ1n) is 10.6. The summed E-state index contributed by atoms with van der Waals surface area (Å²) in [6.45, 7) is 4.75. The minimum atomic E-state index is -0.617. The lowest BCUT2D eigenvalue weighted by molar-refractivity contribution is -0.117. The molecule has 32 heavy (non-hydrogen) atoms. The van der Waals surface area contributed by atoms with Crippen molar-refractivity contribution in [1.82, 2.24) is 25.5 Å². The summed E-state index contributed by atoms with van der Waals surface area (Å²) in [7, 11) is 0. The fourth-order valence-corrected chi connectivity index (χ4v) is 3.91. The second kappa shape index (κ2) is 8.78. The first-order valence-corrected chi connectivity index (χ1v) is 10.6. The molecular weight excluding hydrogens is 406 g/mol. The van der Waals surface area contributed by atoms with Crippen molar-refractivity contribution >= 4 is 17.6 Å². The molecule has 0 saturated carbocycles. The number of carbonyl (C=O) groups excluding carboxylic acids is 2. The van der Waals surface area contributed by atoms with Gasteiger partial charge in [0.15, 0.2) is 0 Å². The molecule has 0 aliphatic heterocycles. The highest BCUT2D eigenvalue weighted by atomic mass is 16.2. The number of hydrogen-bond acceptors (Lipinski definition) is 6. The molecule has 3 aromatic rings. The van der Waals surface area contributed by atoms with Crippen molar-refractivity contribution < 1.29 is 9.59 Å². The topological polar surface area (TPSA) is 139 Å². The number of aromatic nitrogens is 4. The highest BCUT2D eigenvalue weighted by Crippen LogP contribution is 2.38. The highest BCUT2D eigenvalue weighted by molar-refractivity contribution is 5.96. The minimum absolute atomic E-state index is 0.185. The van der Waals surface area contributed by atoms with Crippen LogP contribution in [0.5, 0.6) is 0 Å². The monoisotopic (exact) mass is 433 g/mol. The Labute approximate surface area is 186 Å². The summed E-state index contributed by atoms with van der Waals surface area (Å²) in [5.41, 5.74) is 10.5. The second-order valence-electron chi connectivity index (χ2n) is 8.86. The number of primary amides is 1. The number of anilines is 1. The summed E-state index contributed by atoms with van der Waals surface area (Å²) in [5, 5.41) is 13.5. The van der Waals surface area contributed by atoms with E-state index in [2.05, 4.69) is 44.6 Å². The molecule has 166 valence electrons. The number of hydrogen-bond donors (Lipinski definition) is 4. The van der Waals surface area contributed by atoms with Crippen LogP contribution in [0.3, 0.4) is 0 Å². The van der Waals surface area contributed by atoms with Crippen LogP contribution in [0, 0.1) is 5.41 Å². The van der Waals surface area contributed by atoms with Crippen LogP contribution in [0.2, 0.25) is 0 Å². The maximum atomic E-state index is 12.6. The van der Waals surface area contributed by atoms with Gasteiger partial charge in [-0.05, 0) is 48.4 Å². The SMILES string of the molecule is CC1(C)CCc2c(-c3cc(NCc4cccnc4)nc(C(=O)NCC(N)=O)c3)n[nH]c2C1. The smallest absolute Gasteiger partial charge is 0.270 e. The van der Waals surface area contributed by atoms with E-state index in [-0.39, 0.29) is 17.7 Å². The zero-order valence-electron chi connectivity index (χ0n) is 18.2. The summed E-state index contributed by atoms with van der Waals surface area (Å²) < 4.78 is 0. The van der Waals surface area contributed by atoms with Crippen LogP contribution < -0.4 is 16.4 Å². The highest BCUT2D eigenvalue weighted by Gasteiger charge is 2.29. The van der Waals surface area contributed by atoms with Gasteiger partial charge in [0.2, 0.25) is 5.91 Å². The van der Waals surface area contributed by atoms with Crippen molar-refractivity contribution in [2.45, 2.75) is 39.7 Å². The van der Waals surface area contributed by atoms with E-state index in [9.17, 15) is 9.59 Å². The van der Waals surface area contributed by atoms with E-state index in [1.54, 1.807) is 18.5 Å². The average molecular weight is 434 g/mol. The van der Waals surface area contributed by atoms with Crippen molar-refractivity contribution in [1.29, 1.82) is 0 Å². The van der Waals surface area contributed by atoms with Crippen molar-refractivity contribution in [3.05, 3.63) is 59.2 Å². The van der Waals surface area contributed by atoms with Crippen molar-refractivity contribution in [2.24, 2.45) is 11.1 Å². The molecule has 0 fully saturated rings. The molecule has 1 aliphatic carbocycles. The van der Waals surface area contributed by atoms with E-state index in [1.807, 2.05) is 18.2 Å². The van der Waals surface area contributed by atoms with Crippen LogP contribution >= 0.6 is 0 Å². The van der Waals surface area contributed by atoms with Crippen LogP contribution in [0.25, 0.3) is 11.3 Å². The summed E-state index contributed by atoms with van der Waals surface area (Å²) in [5.74, 6) is -0.558. The normalized spacial score (nSPS) is 14.4. The number of rotatable bonds is 7. The summed E-state index contributed by atoms with van der Waals surface area (Å²) in [6.07, 6.45) is 6.39. The molecule has 0 bridgehead atoms. The summed E-state index contributed by atoms with van der Waals surface area (Å²) >= 11 is 0. The number of H-pyrrole nitrogens is 1. The van der Waals surface area contributed by atoms with Gasteiger partial charge in [-0.1, -0.05) is 19.9 Å². The van der Waals surface area contributed by atoms with Crippen LogP contribution in [-0.4, -0.2) is 38.5 Å². The van der Waals surface area contributed by atoms with Crippen molar-refractivity contribution in [3.8, 4) is 11.3 Å². The van der Waals surface area contributed by atoms with Crippen LogP contribution in [0.4, 0.5) is 5.82 Å². The largest absolute Gasteiger partial charge is 0.368 e. The molecule has 9 heteroatoms. The average Bonchev–Trinajstić information content (AvgIpc) is 3.18. The number of nitrogens with two attached hydrogens (primary N) is 1. The van der Waals surface area contributed by atoms with Gasteiger partial charge < -0.3 is 16.4 Å². The third-order valence-electron chi connectivity index (χ3n) is 5.61. The third kappa shape index (κ3) is 4.93. The number of fused-ring (bicyclic) bond motifs is 1. The Morgan fingerprint density at radius 1 is 1.28 bits per heavy atom. The molecule has 0 unspecified atom stereocenters. The van der Waals surface area contributed by atoms with Gasteiger partial charge in [0.05, 0.1) is 12.2 Å². The van der Waals surface area contributed by atoms with E-state index in [1.165, 1.54) is 5.56 Å². The molecule has 0 saturated heterocycles. The zero-order valence-corrected chi connectivity index (χ0v) is 18.2. The van der Waals surface area contributed by atoms with Gasteiger partial charge in [0, 0.05) is 35.8 Å². The third-order valence-corrected chi connectivity index (χ3v) is 5.61. The Morgan fingerprint density at radius 2 is 2.12 bits per heavy atom. The molecule has 0 atom stereocenters. The van der Waals surface area contributed by atoms with Gasteiger partial charge in [0.25, 0.3) is 5.91 Å². The van der Waals surface area contributed by atoms with Gasteiger partial charge in [-0.2, -0.15) is 5.10 Å². The predicted molar refractivity (Wildman–Crippen MR) is 121 cm³/mol. The fraction of sp³-hybridized carbons (Fsp3) is 0.348. The molecule has 0 spiro atoms. The van der Waals surface area contributed by atoms with E-state index >= 15 is 0 Å². The Balaban J connectivity index is 1.66. The van der Waals surface area contributed by atoms with Crippen molar-refractivity contribution in [2.75, 3.05) is 11.9 Å². The minimum Gasteiger partial charge on any atom is -0.368 e. The Hall–Kier alpha value is -3.75. The Kier molecular flexibility index (Phi) is 5.89. The number of nitrogens with one attached hydrogen (secondary N) is 3. The van der Waals surface area contributed by atoms with E-state index in [4.69, 9.17) is 5.73 Å². The maximum Gasteiger partial charge on any atom is 0.270 e. The maximum absolute atomic E-state index is 12.6. The molecule has 0 aromatic carbocycles.